The van der Waals surface area contributed by atoms with E-state index >= 15 is 0 Å². The lowest BCUT2D eigenvalue weighted by Crippen LogP contribution is -2.19. The van der Waals surface area contributed by atoms with Crippen LogP contribution in [-0.2, 0) is 5.88 Å². The van der Waals surface area contributed by atoms with Crippen LogP contribution in [0.15, 0.2) is 42.5 Å². The van der Waals surface area contributed by atoms with Crippen molar-refractivity contribution >= 4 is 23.2 Å². The number of fused-ring (bicyclic) bond motifs is 1. The van der Waals surface area contributed by atoms with Crippen molar-refractivity contribution in [2.24, 2.45) is 0 Å². The van der Waals surface area contributed by atoms with E-state index in [0.29, 0.717) is 29.2 Å². The largest absolute Gasteiger partial charge is 0.493 e. The smallest absolute Gasteiger partial charge is 0.142 e. The standard InChI is InChI=1S/C17H16Cl2O2/c18-10-12-4-3-6-15(19)17(12)21-11-13-8-9-20-16-7-2-1-5-14(13)16/h1-7,13H,8-11H2. The van der Waals surface area contributed by atoms with Gasteiger partial charge in [0.2, 0.25) is 0 Å². The third-order valence-corrected chi connectivity index (χ3v) is 4.29. The molecule has 2 aromatic carbocycles. The Hall–Kier alpha value is -1.38. The summed E-state index contributed by atoms with van der Waals surface area (Å²) in [5.41, 5.74) is 2.12. The van der Waals surface area contributed by atoms with Crippen LogP contribution in [0.5, 0.6) is 11.5 Å². The lowest BCUT2D eigenvalue weighted by atomic mass is 9.94. The van der Waals surface area contributed by atoms with Gasteiger partial charge in [0.25, 0.3) is 0 Å². The molecule has 0 aliphatic carbocycles. The number of rotatable bonds is 4. The Kier molecular flexibility index (Phi) is 4.57. The van der Waals surface area contributed by atoms with Gasteiger partial charge in [-0.2, -0.15) is 0 Å². The summed E-state index contributed by atoms with van der Waals surface area (Å²) in [5, 5.41) is 0.605. The highest BCUT2D eigenvalue weighted by Crippen LogP contribution is 2.35. The highest BCUT2D eigenvalue weighted by atomic mass is 35.5. The molecular weight excluding hydrogens is 307 g/mol. The van der Waals surface area contributed by atoms with E-state index in [2.05, 4.69) is 6.07 Å². The summed E-state index contributed by atoms with van der Waals surface area (Å²) in [5.74, 6) is 2.35. The first-order valence-corrected chi connectivity index (χ1v) is 7.88. The molecule has 0 spiro atoms. The van der Waals surface area contributed by atoms with E-state index < -0.39 is 0 Å². The van der Waals surface area contributed by atoms with E-state index in [1.807, 2.05) is 36.4 Å². The molecular formula is C17H16Cl2O2. The molecule has 0 bridgehead atoms. The van der Waals surface area contributed by atoms with Gasteiger partial charge >= 0.3 is 0 Å². The highest BCUT2D eigenvalue weighted by molar-refractivity contribution is 6.32. The fourth-order valence-corrected chi connectivity index (χ4v) is 3.05. The molecule has 1 heterocycles. The Balaban J connectivity index is 1.78. The van der Waals surface area contributed by atoms with Crippen molar-refractivity contribution in [3.8, 4) is 11.5 Å². The summed E-state index contributed by atoms with van der Waals surface area (Å²) in [6, 6.07) is 13.8. The normalized spacial score (nSPS) is 17.0. The molecule has 110 valence electrons. The van der Waals surface area contributed by atoms with Crippen molar-refractivity contribution in [3.63, 3.8) is 0 Å². The van der Waals surface area contributed by atoms with Crippen LogP contribution in [0.1, 0.15) is 23.5 Å². The number of benzene rings is 2. The zero-order valence-corrected chi connectivity index (χ0v) is 13.0. The van der Waals surface area contributed by atoms with E-state index in [1.54, 1.807) is 0 Å². The zero-order chi connectivity index (χ0) is 14.7. The van der Waals surface area contributed by atoms with Crippen LogP contribution in [0.4, 0.5) is 0 Å². The van der Waals surface area contributed by atoms with Gasteiger partial charge in [-0.05, 0) is 18.6 Å². The molecule has 0 amide bonds. The van der Waals surface area contributed by atoms with E-state index in [4.69, 9.17) is 32.7 Å². The van der Waals surface area contributed by atoms with Crippen molar-refractivity contribution in [1.29, 1.82) is 0 Å². The van der Waals surface area contributed by atoms with Crippen molar-refractivity contribution < 1.29 is 9.47 Å². The minimum absolute atomic E-state index is 0.314. The molecule has 0 aromatic heterocycles. The maximum atomic E-state index is 6.22. The third kappa shape index (κ3) is 3.12. The number of halogens is 2. The first kappa shape index (κ1) is 14.6. The second-order valence-corrected chi connectivity index (χ2v) is 5.72. The Labute approximate surface area is 134 Å². The Bertz CT molecular complexity index is 628. The Morgan fingerprint density at radius 1 is 1.14 bits per heavy atom. The molecule has 0 radical (unpaired) electrons. The van der Waals surface area contributed by atoms with Crippen LogP contribution < -0.4 is 9.47 Å². The van der Waals surface area contributed by atoms with Gasteiger partial charge in [-0.15, -0.1) is 11.6 Å². The van der Waals surface area contributed by atoms with Crippen LogP contribution >= 0.6 is 23.2 Å². The number of para-hydroxylation sites is 2. The number of hydrogen-bond acceptors (Lipinski definition) is 2. The average Bonchev–Trinajstić information content (AvgIpc) is 2.53. The van der Waals surface area contributed by atoms with Gasteiger partial charge in [0.1, 0.15) is 11.5 Å². The van der Waals surface area contributed by atoms with Crippen LogP contribution in [0.3, 0.4) is 0 Å². The monoisotopic (exact) mass is 322 g/mol. The molecule has 0 saturated carbocycles. The van der Waals surface area contributed by atoms with Crippen LogP contribution in [-0.4, -0.2) is 13.2 Å². The molecule has 2 aromatic rings. The lowest BCUT2D eigenvalue weighted by molar-refractivity contribution is 0.217. The molecule has 3 rings (SSSR count). The van der Waals surface area contributed by atoms with Gasteiger partial charge in [0, 0.05) is 17.0 Å². The molecule has 2 nitrogen and oxygen atoms in total. The topological polar surface area (TPSA) is 18.5 Å². The summed E-state index contributed by atoms with van der Waals surface area (Å²) in [4.78, 5) is 0. The van der Waals surface area contributed by atoms with Gasteiger partial charge in [0.05, 0.1) is 24.1 Å². The van der Waals surface area contributed by atoms with Crippen molar-refractivity contribution in [2.75, 3.05) is 13.2 Å². The summed E-state index contributed by atoms with van der Waals surface area (Å²) >= 11 is 12.2. The molecule has 1 aliphatic heterocycles. The Morgan fingerprint density at radius 2 is 2.00 bits per heavy atom. The van der Waals surface area contributed by atoms with Crippen LogP contribution in [0.25, 0.3) is 0 Å². The molecule has 0 saturated heterocycles. The average molecular weight is 323 g/mol. The summed E-state index contributed by atoms with van der Waals surface area (Å²) in [6.07, 6.45) is 0.942. The molecule has 0 N–H and O–H groups in total. The zero-order valence-electron chi connectivity index (χ0n) is 11.5. The molecule has 4 heteroatoms. The summed E-state index contributed by atoms with van der Waals surface area (Å²) < 4.78 is 11.7. The maximum Gasteiger partial charge on any atom is 0.142 e. The van der Waals surface area contributed by atoms with E-state index in [1.165, 1.54) is 5.56 Å². The minimum Gasteiger partial charge on any atom is -0.493 e. The Morgan fingerprint density at radius 3 is 2.86 bits per heavy atom. The first-order chi connectivity index (χ1) is 10.3. The third-order valence-electron chi connectivity index (χ3n) is 3.70. The number of alkyl halides is 1. The van der Waals surface area contributed by atoms with Gasteiger partial charge < -0.3 is 9.47 Å². The number of ether oxygens (including phenoxy) is 2. The fourth-order valence-electron chi connectivity index (χ4n) is 2.59. The fraction of sp³-hybridized carbons (Fsp3) is 0.294. The molecule has 0 fully saturated rings. The lowest BCUT2D eigenvalue weighted by Gasteiger charge is -2.26. The van der Waals surface area contributed by atoms with Crippen LogP contribution in [0.2, 0.25) is 5.02 Å². The molecule has 1 aliphatic rings. The predicted octanol–water partition coefficient (Wildman–Crippen LogP) is 5.02. The molecule has 1 atom stereocenters. The van der Waals surface area contributed by atoms with Crippen LogP contribution in [0, 0.1) is 0 Å². The van der Waals surface area contributed by atoms with Gasteiger partial charge in [-0.25, -0.2) is 0 Å². The molecule has 21 heavy (non-hydrogen) atoms. The van der Waals surface area contributed by atoms with Gasteiger partial charge in [-0.3, -0.25) is 0 Å². The second-order valence-electron chi connectivity index (χ2n) is 5.04. The highest BCUT2D eigenvalue weighted by Gasteiger charge is 2.22. The van der Waals surface area contributed by atoms with Crippen molar-refractivity contribution in [1.82, 2.24) is 0 Å². The van der Waals surface area contributed by atoms with Crippen molar-refractivity contribution in [2.45, 2.75) is 18.2 Å². The first-order valence-electron chi connectivity index (χ1n) is 6.97. The SMILES string of the molecule is ClCc1cccc(Cl)c1OCC1CCOc2ccccc21. The maximum absolute atomic E-state index is 6.22. The quantitative estimate of drug-likeness (QED) is 0.735. The minimum atomic E-state index is 0.314. The molecule has 1 unspecified atom stereocenters. The van der Waals surface area contributed by atoms with Crippen molar-refractivity contribution in [3.05, 3.63) is 58.6 Å². The number of hydrogen-bond donors (Lipinski definition) is 0. The van der Waals surface area contributed by atoms with Gasteiger partial charge in [0.15, 0.2) is 0 Å². The van der Waals surface area contributed by atoms with E-state index in [9.17, 15) is 0 Å². The predicted molar refractivity (Wildman–Crippen MR) is 85.8 cm³/mol. The summed E-state index contributed by atoms with van der Waals surface area (Å²) in [6.45, 7) is 1.30. The van der Waals surface area contributed by atoms with E-state index in [0.717, 1.165) is 24.3 Å². The van der Waals surface area contributed by atoms with Gasteiger partial charge in [-0.1, -0.05) is 41.9 Å². The summed E-state index contributed by atoms with van der Waals surface area (Å²) in [7, 11) is 0. The second kappa shape index (κ2) is 6.59. The van der Waals surface area contributed by atoms with E-state index in [-0.39, 0.29) is 0 Å².